The second-order valence-electron chi connectivity index (χ2n) is 5.65. The first-order valence-electron chi connectivity index (χ1n) is 8.73. The number of anilines is 1. The third-order valence-electron chi connectivity index (χ3n) is 3.64. The molecule has 0 aliphatic carbocycles. The number of hydrogen-bond acceptors (Lipinski definition) is 4. The molecule has 0 unspecified atom stereocenters. The summed E-state index contributed by atoms with van der Waals surface area (Å²) in [6.07, 6.45) is 3.33. The van der Waals surface area contributed by atoms with Crippen LogP contribution in [0.15, 0.2) is 54.6 Å². The summed E-state index contributed by atoms with van der Waals surface area (Å²) in [6, 6.07) is 14.5. The molecule has 0 aliphatic heterocycles. The maximum Gasteiger partial charge on any atom is 0.244 e. The lowest BCUT2D eigenvalue weighted by Crippen LogP contribution is -2.26. The van der Waals surface area contributed by atoms with Crippen LogP contribution >= 0.6 is 0 Å². The molecule has 0 atom stereocenters. The van der Waals surface area contributed by atoms with Gasteiger partial charge in [-0.25, -0.2) is 0 Å². The minimum absolute atomic E-state index is 0.168. The average molecular weight is 368 g/mol. The number of carbonyl (C=O) groups excluding carboxylic acids is 2. The highest BCUT2D eigenvalue weighted by atomic mass is 16.5. The van der Waals surface area contributed by atoms with E-state index in [1.54, 1.807) is 37.5 Å². The van der Waals surface area contributed by atoms with Gasteiger partial charge in [-0.2, -0.15) is 0 Å². The minimum Gasteiger partial charge on any atom is -0.497 e. The van der Waals surface area contributed by atoms with E-state index in [1.807, 2.05) is 31.2 Å². The minimum atomic E-state index is -0.250. The van der Waals surface area contributed by atoms with Crippen LogP contribution < -0.4 is 20.1 Å². The molecule has 142 valence electrons. The third-order valence-corrected chi connectivity index (χ3v) is 3.64. The van der Waals surface area contributed by atoms with Gasteiger partial charge in [0.05, 0.1) is 13.7 Å². The first kappa shape index (κ1) is 20.0. The van der Waals surface area contributed by atoms with Gasteiger partial charge in [-0.3, -0.25) is 9.59 Å². The molecule has 6 heteroatoms. The molecule has 2 rings (SSSR count). The average Bonchev–Trinajstić information content (AvgIpc) is 2.68. The zero-order valence-corrected chi connectivity index (χ0v) is 15.5. The van der Waals surface area contributed by atoms with E-state index in [4.69, 9.17) is 9.47 Å². The molecule has 0 radical (unpaired) electrons. The van der Waals surface area contributed by atoms with Crippen molar-refractivity contribution in [3.63, 3.8) is 0 Å². The van der Waals surface area contributed by atoms with E-state index in [1.165, 1.54) is 6.08 Å². The number of rotatable bonds is 9. The van der Waals surface area contributed by atoms with Crippen molar-refractivity contribution in [3.05, 3.63) is 60.2 Å². The van der Waals surface area contributed by atoms with Crippen molar-refractivity contribution in [1.29, 1.82) is 0 Å². The van der Waals surface area contributed by atoms with Crippen LogP contribution in [0, 0.1) is 0 Å². The Kier molecular flexibility index (Phi) is 7.91. The number of benzene rings is 2. The molecule has 0 heterocycles. The normalized spacial score (nSPS) is 10.4. The second-order valence-corrected chi connectivity index (χ2v) is 5.65. The van der Waals surface area contributed by atoms with E-state index in [-0.39, 0.29) is 24.8 Å². The van der Waals surface area contributed by atoms with Crippen LogP contribution in [0.4, 0.5) is 5.69 Å². The Morgan fingerprint density at radius 1 is 1.00 bits per heavy atom. The SMILES string of the molecule is CCOc1ccc(NC(=O)CCNC(=O)/C=C/c2ccc(OC)cc2)cc1. The summed E-state index contributed by atoms with van der Waals surface area (Å²) in [4.78, 5) is 23.7. The van der Waals surface area contributed by atoms with E-state index in [2.05, 4.69) is 10.6 Å². The van der Waals surface area contributed by atoms with E-state index >= 15 is 0 Å². The van der Waals surface area contributed by atoms with E-state index in [9.17, 15) is 9.59 Å². The monoisotopic (exact) mass is 368 g/mol. The fourth-order valence-electron chi connectivity index (χ4n) is 2.27. The molecule has 0 saturated carbocycles. The first-order chi connectivity index (χ1) is 13.1. The molecule has 27 heavy (non-hydrogen) atoms. The van der Waals surface area contributed by atoms with Gasteiger partial charge in [0.1, 0.15) is 11.5 Å². The number of methoxy groups -OCH3 is 1. The van der Waals surface area contributed by atoms with Crippen LogP contribution in [-0.4, -0.2) is 32.1 Å². The molecular weight excluding hydrogens is 344 g/mol. The molecule has 2 amide bonds. The van der Waals surface area contributed by atoms with Crippen LogP contribution in [-0.2, 0) is 9.59 Å². The number of hydrogen-bond donors (Lipinski definition) is 2. The van der Waals surface area contributed by atoms with Crippen molar-refractivity contribution in [3.8, 4) is 11.5 Å². The summed E-state index contributed by atoms with van der Waals surface area (Å²) in [5, 5.41) is 5.46. The quantitative estimate of drug-likeness (QED) is 0.666. The van der Waals surface area contributed by atoms with Crippen molar-refractivity contribution in [2.75, 3.05) is 25.6 Å². The highest BCUT2D eigenvalue weighted by molar-refractivity contribution is 5.93. The molecule has 2 aromatic rings. The van der Waals surface area contributed by atoms with Gasteiger partial charge in [0.2, 0.25) is 11.8 Å². The summed E-state index contributed by atoms with van der Waals surface area (Å²) in [7, 11) is 1.60. The van der Waals surface area contributed by atoms with E-state index in [0.717, 1.165) is 17.1 Å². The van der Waals surface area contributed by atoms with Gasteiger partial charge < -0.3 is 20.1 Å². The number of carbonyl (C=O) groups is 2. The summed E-state index contributed by atoms with van der Waals surface area (Å²) >= 11 is 0. The molecule has 2 aromatic carbocycles. The number of ether oxygens (including phenoxy) is 2. The first-order valence-corrected chi connectivity index (χ1v) is 8.73. The maximum absolute atomic E-state index is 11.9. The topological polar surface area (TPSA) is 76.7 Å². The Morgan fingerprint density at radius 3 is 2.30 bits per heavy atom. The highest BCUT2D eigenvalue weighted by Gasteiger charge is 2.04. The van der Waals surface area contributed by atoms with Crippen molar-refractivity contribution in [2.24, 2.45) is 0 Å². The highest BCUT2D eigenvalue weighted by Crippen LogP contribution is 2.15. The molecule has 0 saturated heterocycles. The largest absolute Gasteiger partial charge is 0.497 e. The Balaban J connectivity index is 1.70. The Hall–Kier alpha value is -3.28. The molecule has 0 aromatic heterocycles. The number of nitrogens with one attached hydrogen (secondary N) is 2. The summed E-state index contributed by atoms with van der Waals surface area (Å²) in [5.74, 6) is 1.10. The van der Waals surface area contributed by atoms with Crippen molar-refractivity contribution in [1.82, 2.24) is 5.32 Å². The van der Waals surface area contributed by atoms with Crippen LogP contribution in [0.2, 0.25) is 0 Å². The lowest BCUT2D eigenvalue weighted by Gasteiger charge is -2.07. The van der Waals surface area contributed by atoms with Crippen molar-refractivity contribution < 1.29 is 19.1 Å². The lowest BCUT2D eigenvalue weighted by atomic mass is 10.2. The van der Waals surface area contributed by atoms with Gasteiger partial charge in [-0.15, -0.1) is 0 Å². The van der Waals surface area contributed by atoms with Gasteiger partial charge in [0.25, 0.3) is 0 Å². The summed E-state index contributed by atoms with van der Waals surface area (Å²) in [6.45, 7) is 2.77. The molecule has 0 fully saturated rings. The van der Waals surface area contributed by atoms with Gasteiger partial charge in [0, 0.05) is 24.7 Å². The van der Waals surface area contributed by atoms with Gasteiger partial charge in [0.15, 0.2) is 0 Å². The van der Waals surface area contributed by atoms with Gasteiger partial charge in [-0.05, 0) is 55.0 Å². The Morgan fingerprint density at radius 2 is 1.67 bits per heavy atom. The van der Waals surface area contributed by atoms with E-state index < -0.39 is 0 Å². The maximum atomic E-state index is 11.9. The van der Waals surface area contributed by atoms with Crippen LogP contribution in [0.3, 0.4) is 0 Å². The molecule has 2 N–H and O–H groups in total. The lowest BCUT2D eigenvalue weighted by molar-refractivity contribution is -0.117. The fraction of sp³-hybridized carbons (Fsp3) is 0.238. The fourth-order valence-corrected chi connectivity index (χ4v) is 2.27. The third kappa shape index (κ3) is 7.23. The number of amides is 2. The van der Waals surface area contributed by atoms with E-state index in [0.29, 0.717) is 12.3 Å². The van der Waals surface area contributed by atoms with Gasteiger partial charge in [-0.1, -0.05) is 12.1 Å². The molecule has 0 aliphatic rings. The molecule has 6 nitrogen and oxygen atoms in total. The Labute approximate surface area is 159 Å². The van der Waals surface area contributed by atoms with Crippen LogP contribution in [0.25, 0.3) is 6.08 Å². The Bertz CT molecular complexity index is 768. The van der Waals surface area contributed by atoms with Gasteiger partial charge >= 0.3 is 0 Å². The summed E-state index contributed by atoms with van der Waals surface area (Å²) < 4.78 is 10.4. The predicted octanol–water partition coefficient (Wildman–Crippen LogP) is 3.25. The zero-order chi connectivity index (χ0) is 19.5. The predicted molar refractivity (Wildman–Crippen MR) is 106 cm³/mol. The molecular formula is C21H24N2O4. The standard InChI is InChI=1S/C21H24N2O4/c1-3-27-19-11-7-17(8-12-19)23-21(25)14-15-22-20(24)13-6-16-4-9-18(26-2)10-5-16/h4-13H,3,14-15H2,1-2H3,(H,22,24)(H,23,25)/b13-6+. The zero-order valence-electron chi connectivity index (χ0n) is 15.5. The smallest absolute Gasteiger partial charge is 0.244 e. The molecule has 0 bridgehead atoms. The van der Waals surface area contributed by atoms with Crippen molar-refractivity contribution >= 4 is 23.6 Å². The summed E-state index contributed by atoms with van der Waals surface area (Å²) in [5.41, 5.74) is 1.58. The van der Waals surface area contributed by atoms with Crippen LogP contribution in [0.5, 0.6) is 11.5 Å². The van der Waals surface area contributed by atoms with Crippen LogP contribution in [0.1, 0.15) is 18.9 Å². The van der Waals surface area contributed by atoms with Crippen molar-refractivity contribution in [2.45, 2.75) is 13.3 Å². The second kappa shape index (κ2) is 10.7. The molecule has 0 spiro atoms.